The van der Waals surface area contributed by atoms with Crippen molar-refractivity contribution in [2.24, 2.45) is 0 Å². The molecular formula is C20H22N2O6. The van der Waals surface area contributed by atoms with Crippen LogP contribution in [-0.2, 0) is 4.79 Å². The van der Waals surface area contributed by atoms with Crippen LogP contribution in [0.5, 0.6) is 23.0 Å². The maximum Gasteiger partial charge on any atom is 0.251 e. The van der Waals surface area contributed by atoms with E-state index in [0.717, 1.165) is 6.42 Å². The summed E-state index contributed by atoms with van der Waals surface area (Å²) in [6.45, 7) is 0.969. The number of nitrogens with one attached hydrogen (secondary N) is 2. The molecule has 148 valence electrons. The lowest BCUT2D eigenvalue weighted by Gasteiger charge is -2.11. The molecule has 1 aliphatic heterocycles. The third-order valence-electron chi connectivity index (χ3n) is 4.05. The van der Waals surface area contributed by atoms with Crippen molar-refractivity contribution < 1.29 is 28.5 Å². The van der Waals surface area contributed by atoms with Crippen LogP contribution in [-0.4, -0.2) is 45.8 Å². The maximum absolute atomic E-state index is 12.3. The van der Waals surface area contributed by atoms with Crippen molar-refractivity contribution in [3.63, 3.8) is 0 Å². The fourth-order valence-electron chi connectivity index (χ4n) is 2.65. The molecule has 0 bridgehead atoms. The molecule has 2 N–H and O–H groups in total. The van der Waals surface area contributed by atoms with Gasteiger partial charge in [0.25, 0.3) is 5.91 Å². The van der Waals surface area contributed by atoms with Gasteiger partial charge in [0.2, 0.25) is 5.91 Å². The molecule has 1 aliphatic rings. The topological polar surface area (TPSA) is 95.1 Å². The first-order chi connectivity index (χ1) is 13.6. The molecule has 0 saturated heterocycles. The molecule has 1 heterocycles. The summed E-state index contributed by atoms with van der Waals surface area (Å²) >= 11 is 0. The molecule has 8 heteroatoms. The van der Waals surface area contributed by atoms with Crippen LogP contribution < -0.4 is 29.6 Å². The van der Waals surface area contributed by atoms with Crippen molar-refractivity contribution >= 4 is 17.5 Å². The van der Waals surface area contributed by atoms with Gasteiger partial charge in [0.15, 0.2) is 11.5 Å². The van der Waals surface area contributed by atoms with Gasteiger partial charge in [-0.2, -0.15) is 0 Å². The summed E-state index contributed by atoms with van der Waals surface area (Å²) in [5.74, 6) is 1.43. The lowest BCUT2D eigenvalue weighted by atomic mass is 10.2. The molecular weight excluding hydrogens is 364 g/mol. The highest BCUT2D eigenvalue weighted by Crippen LogP contribution is 2.32. The van der Waals surface area contributed by atoms with Crippen LogP contribution >= 0.6 is 0 Å². The summed E-state index contributed by atoms with van der Waals surface area (Å²) < 4.78 is 21.4. The van der Waals surface area contributed by atoms with Gasteiger partial charge in [-0.05, 0) is 24.3 Å². The van der Waals surface area contributed by atoms with Crippen LogP contribution in [0.25, 0.3) is 0 Å². The van der Waals surface area contributed by atoms with Gasteiger partial charge in [0, 0.05) is 29.8 Å². The molecule has 0 radical (unpaired) electrons. The SMILES string of the molecule is COc1cc(OC)cc(C(=O)NCC(=O)Nc2ccc3c(c2)OCCCO3)c1. The van der Waals surface area contributed by atoms with Crippen molar-refractivity contribution in [3.8, 4) is 23.0 Å². The second-order valence-electron chi connectivity index (χ2n) is 6.04. The summed E-state index contributed by atoms with van der Waals surface area (Å²) in [5, 5.41) is 5.30. The van der Waals surface area contributed by atoms with Crippen molar-refractivity contribution in [2.75, 3.05) is 39.3 Å². The largest absolute Gasteiger partial charge is 0.497 e. The Morgan fingerprint density at radius 2 is 1.64 bits per heavy atom. The van der Waals surface area contributed by atoms with Crippen molar-refractivity contribution in [1.82, 2.24) is 5.32 Å². The number of methoxy groups -OCH3 is 2. The van der Waals surface area contributed by atoms with Gasteiger partial charge in [-0.15, -0.1) is 0 Å². The highest BCUT2D eigenvalue weighted by atomic mass is 16.5. The Balaban J connectivity index is 1.58. The summed E-state index contributed by atoms with van der Waals surface area (Å²) in [7, 11) is 3.00. The van der Waals surface area contributed by atoms with E-state index in [1.807, 2.05) is 0 Å². The van der Waals surface area contributed by atoms with Gasteiger partial charge < -0.3 is 29.6 Å². The summed E-state index contributed by atoms with van der Waals surface area (Å²) in [5.41, 5.74) is 0.895. The minimum atomic E-state index is -0.411. The second-order valence-corrected chi connectivity index (χ2v) is 6.04. The minimum Gasteiger partial charge on any atom is -0.497 e. The molecule has 8 nitrogen and oxygen atoms in total. The number of carbonyl (C=O) groups excluding carboxylic acids is 2. The molecule has 2 amide bonds. The van der Waals surface area contributed by atoms with Crippen LogP contribution in [0.1, 0.15) is 16.8 Å². The van der Waals surface area contributed by atoms with Crippen molar-refractivity contribution in [2.45, 2.75) is 6.42 Å². The van der Waals surface area contributed by atoms with E-state index in [4.69, 9.17) is 18.9 Å². The van der Waals surface area contributed by atoms with Crippen LogP contribution in [0.3, 0.4) is 0 Å². The number of benzene rings is 2. The molecule has 0 aromatic heterocycles. The fraction of sp³-hybridized carbons (Fsp3) is 0.300. The van der Waals surface area contributed by atoms with Crippen LogP contribution in [0.15, 0.2) is 36.4 Å². The quantitative estimate of drug-likeness (QED) is 0.791. The molecule has 2 aromatic rings. The Kier molecular flexibility index (Phi) is 6.21. The molecule has 28 heavy (non-hydrogen) atoms. The molecule has 3 rings (SSSR count). The maximum atomic E-state index is 12.3. The molecule has 0 atom stereocenters. The standard InChI is InChI=1S/C20H22N2O6/c1-25-15-8-13(9-16(11-15)26-2)20(24)21-12-19(23)22-14-4-5-17-18(10-14)28-7-3-6-27-17/h4-5,8-11H,3,6-7,12H2,1-2H3,(H,21,24)(H,22,23). The summed E-state index contributed by atoms with van der Waals surface area (Å²) in [6, 6.07) is 9.97. The zero-order valence-electron chi connectivity index (χ0n) is 15.7. The third kappa shape index (κ3) is 4.85. The number of hydrogen-bond acceptors (Lipinski definition) is 6. The Morgan fingerprint density at radius 3 is 2.32 bits per heavy atom. The lowest BCUT2D eigenvalue weighted by Crippen LogP contribution is -2.32. The van der Waals surface area contributed by atoms with E-state index in [9.17, 15) is 9.59 Å². The number of amides is 2. The third-order valence-corrected chi connectivity index (χ3v) is 4.05. The van der Waals surface area contributed by atoms with Gasteiger partial charge >= 0.3 is 0 Å². The molecule has 0 unspecified atom stereocenters. The predicted octanol–water partition coefficient (Wildman–Crippen LogP) is 2.23. The number of anilines is 1. The number of ether oxygens (including phenoxy) is 4. The smallest absolute Gasteiger partial charge is 0.251 e. The number of rotatable bonds is 6. The first kappa shape index (κ1) is 19.3. The second kappa shape index (κ2) is 8.98. The van der Waals surface area contributed by atoms with Gasteiger partial charge in [-0.25, -0.2) is 0 Å². The van der Waals surface area contributed by atoms with E-state index in [-0.39, 0.29) is 12.5 Å². The molecule has 0 saturated carbocycles. The minimum absolute atomic E-state index is 0.188. The number of carbonyl (C=O) groups is 2. The predicted molar refractivity (Wildman–Crippen MR) is 103 cm³/mol. The van der Waals surface area contributed by atoms with E-state index < -0.39 is 5.91 Å². The first-order valence-electron chi connectivity index (χ1n) is 8.80. The van der Waals surface area contributed by atoms with E-state index >= 15 is 0 Å². The molecule has 2 aromatic carbocycles. The Bertz CT molecular complexity index is 846. The average Bonchev–Trinajstić information content (AvgIpc) is 2.96. The summed E-state index contributed by atoms with van der Waals surface area (Å²) in [4.78, 5) is 24.5. The molecule has 0 aliphatic carbocycles. The number of fused-ring (bicyclic) bond motifs is 1. The van der Waals surface area contributed by atoms with Crippen LogP contribution in [0.2, 0.25) is 0 Å². The van der Waals surface area contributed by atoms with E-state index in [0.29, 0.717) is 47.5 Å². The van der Waals surface area contributed by atoms with Crippen LogP contribution in [0.4, 0.5) is 5.69 Å². The van der Waals surface area contributed by atoms with Gasteiger partial charge in [-0.1, -0.05) is 0 Å². The zero-order chi connectivity index (χ0) is 19.9. The Morgan fingerprint density at radius 1 is 0.964 bits per heavy atom. The number of hydrogen-bond donors (Lipinski definition) is 2. The van der Waals surface area contributed by atoms with Gasteiger partial charge in [0.1, 0.15) is 11.5 Å². The van der Waals surface area contributed by atoms with Crippen molar-refractivity contribution in [1.29, 1.82) is 0 Å². The highest BCUT2D eigenvalue weighted by molar-refractivity contribution is 5.99. The van der Waals surface area contributed by atoms with Gasteiger partial charge in [-0.3, -0.25) is 9.59 Å². The average molecular weight is 386 g/mol. The van der Waals surface area contributed by atoms with Gasteiger partial charge in [0.05, 0.1) is 34.0 Å². The zero-order valence-corrected chi connectivity index (χ0v) is 15.7. The lowest BCUT2D eigenvalue weighted by molar-refractivity contribution is -0.115. The fourth-order valence-corrected chi connectivity index (χ4v) is 2.65. The van der Waals surface area contributed by atoms with E-state index in [1.165, 1.54) is 14.2 Å². The summed E-state index contributed by atoms with van der Waals surface area (Å²) in [6.07, 6.45) is 0.803. The Hall–Kier alpha value is -3.42. The molecule has 0 spiro atoms. The van der Waals surface area contributed by atoms with Crippen molar-refractivity contribution in [3.05, 3.63) is 42.0 Å². The first-order valence-corrected chi connectivity index (χ1v) is 8.80. The Labute approximate surface area is 162 Å². The molecule has 0 fully saturated rings. The monoisotopic (exact) mass is 386 g/mol. The van der Waals surface area contributed by atoms with E-state index in [1.54, 1.807) is 36.4 Å². The normalized spacial score (nSPS) is 12.5. The highest BCUT2D eigenvalue weighted by Gasteiger charge is 2.14. The van der Waals surface area contributed by atoms with Crippen LogP contribution in [0, 0.1) is 0 Å². The van der Waals surface area contributed by atoms with E-state index in [2.05, 4.69) is 10.6 Å².